The van der Waals surface area contributed by atoms with Crippen molar-refractivity contribution in [3.05, 3.63) is 229 Å². The average Bonchev–Trinajstić information content (AvgIpc) is 0.879. The van der Waals surface area contributed by atoms with Crippen molar-refractivity contribution in [1.29, 1.82) is 0 Å². The number of hydrogen-bond acceptors (Lipinski definition) is 11. The van der Waals surface area contributed by atoms with Crippen LogP contribution in [-0.4, -0.2) is 128 Å². The van der Waals surface area contributed by atoms with Crippen LogP contribution in [0.2, 0.25) is 0 Å². The van der Waals surface area contributed by atoms with Gasteiger partial charge in [0.25, 0.3) is 22.7 Å². The van der Waals surface area contributed by atoms with E-state index in [2.05, 4.69) is 89.4 Å². The van der Waals surface area contributed by atoms with Crippen LogP contribution in [0.3, 0.4) is 0 Å². The Balaban J connectivity index is -0.0000000625. The summed E-state index contributed by atoms with van der Waals surface area (Å²) in [6.45, 7) is 73.4. The number of nitrogens with zero attached hydrogens (tertiary/aromatic N) is 2. The van der Waals surface area contributed by atoms with E-state index in [1.165, 1.54) is 37.8 Å². The number of carbonyl (C=O) groups is 2. The Hall–Kier alpha value is -4.56. The lowest BCUT2D eigenvalue weighted by atomic mass is 10.1. The van der Waals surface area contributed by atoms with Crippen LogP contribution in [0.15, 0.2) is 195 Å². The van der Waals surface area contributed by atoms with Gasteiger partial charge >= 0.3 is 26.5 Å². The van der Waals surface area contributed by atoms with Crippen molar-refractivity contribution in [2.24, 2.45) is 0 Å². The van der Waals surface area contributed by atoms with Crippen LogP contribution in [0, 0.1) is 0 Å². The molecule has 0 aliphatic carbocycles. The molecule has 5 N–H and O–H groups in total. The normalized spacial score (nSPS) is 9.82. The van der Waals surface area contributed by atoms with Crippen molar-refractivity contribution < 1.29 is 109 Å². The van der Waals surface area contributed by atoms with Gasteiger partial charge in [-0.1, -0.05) is 363 Å². The van der Waals surface area contributed by atoms with Crippen molar-refractivity contribution >= 4 is 105 Å². The van der Waals surface area contributed by atoms with Gasteiger partial charge in [-0.05, 0) is 86.7 Å². The van der Waals surface area contributed by atoms with Gasteiger partial charge in [-0.2, -0.15) is 52.7 Å². The zero-order chi connectivity index (χ0) is 108. The molecule has 0 spiro atoms. The van der Waals surface area contributed by atoms with Gasteiger partial charge in [0, 0.05) is 144 Å². The van der Waals surface area contributed by atoms with E-state index in [1.807, 2.05) is 309 Å². The third-order valence-electron chi connectivity index (χ3n) is 13.0. The smallest absolute Gasteiger partial charge is 0.334 e. The standard InChI is InChI=1S/2C16H17NO.C14H15N.4C4H9F2OP.2C2H5F2O3P.12C2H6.C2H4.2CH4.S5/c2*1-14(18)17(12-15-8-4-2-5-9-15)13-16-10-6-3-7-11-16;1-3-7-13(8-4-1)11-15-12-14-9-5-2-6-10-14;4*1-4(5,6)8(2,3)7;2*1-2(3,4)8(5,6)7;13*1-2;;;1-3-5-4-2/h2*2-11H,12-13H2,1H3;1-10,15H,11-12H2;4*1-3H3;2*1H3,(H2,5,6,7);12*1-2H3;1-2H2;2*1H4;. The highest BCUT2D eigenvalue weighted by Gasteiger charge is 2.44. The highest BCUT2D eigenvalue weighted by atomic mass is 33.3. The number of hydrogen-bond donors (Lipinski definition) is 5. The largest absolute Gasteiger partial charge is 0.394 e. The molecule has 6 aromatic rings. The molecule has 0 heterocycles. The first kappa shape index (κ1) is 173. The van der Waals surface area contributed by atoms with Gasteiger partial charge in [0.2, 0.25) is 11.8 Å². The van der Waals surface area contributed by atoms with Crippen LogP contribution in [0.1, 0.15) is 270 Å². The molecule has 0 fully saturated rings. The third kappa shape index (κ3) is 116. The molecule has 0 aliphatic heterocycles. The van der Waals surface area contributed by atoms with E-state index in [9.17, 15) is 89.7 Å². The summed E-state index contributed by atoms with van der Waals surface area (Å²) in [4.78, 5) is 57.9. The van der Waals surface area contributed by atoms with Crippen molar-refractivity contribution in [2.75, 3.05) is 53.3 Å². The first-order valence-electron chi connectivity index (χ1n) is 42.7. The molecular weight excluding hydrogens is 1940 g/mol. The fourth-order valence-corrected chi connectivity index (χ4v) is 8.07. The van der Waals surface area contributed by atoms with Crippen molar-refractivity contribution in [3.8, 4) is 0 Å². The van der Waals surface area contributed by atoms with E-state index in [0.29, 0.717) is 53.9 Å². The van der Waals surface area contributed by atoms with Gasteiger partial charge in [0.05, 0.1) is 0 Å². The summed E-state index contributed by atoms with van der Waals surface area (Å²) in [5.41, 5.74) is -12.5. The number of halogens is 12. The highest BCUT2D eigenvalue weighted by molar-refractivity contribution is 8.59. The van der Waals surface area contributed by atoms with Gasteiger partial charge in [-0.25, -0.2) is 0 Å². The van der Waals surface area contributed by atoms with Crippen molar-refractivity contribution in [2.45, 2.75) is 310 Å². The lowest BCUT2D eigenvalue weighted by Crippen LogP contribution is -2.27. The van der Waals surface area contributed by atoms with Crippen LogP contribution >= 0.6 is 43.8 Å². The van der Waals surface area contributed by atoms with Crippen LogP contribution < -0.4 is 5.32 Å². The Morgan fingerprint density at radius 1 is 0.295 bits per heavy atom. The van der Waals surface area contributed by atoms with Crippen molar-refractivity contribution in [3.63, 3.8) is 0 Å². The molecule has 132 heavy (non-hydrogen) atoms. The molecule has 0 radical (unpaired) electrons. The van der Waals surface area contributed by atoms with Gasteiger partial charge in [0.15, 0.2) is 0 Å². The van der Waals surface area contributed by atoms with E-state index >= 15 is 0 Å². The van der Waals surface area contributed by atoms with Crippen LogP contribution in [-0.2, 0) is 125 Å². The lowest BCUT2D eigenvalue weighted by molar-refractivity contribution is -0.130. The minimum atomic E-state index is -5.18. The molecule has 786 valence electrons. The molecule has 0 saturated carbocycles. The predicted octanol–water partition coefficient (Wildman–Crippen LogP) is 34.3. The number of benzene rings is 6. The SMILES string of the molecule is C.C.C=C.CC.CC.CC.CC.CC.CC.CC.CC.CC.CC.CC.CC.CC(=O)N(Cc1ccccc1)Cc1ccccc1.CC(=O)N(Cc1ccccc1)Cc1ccccc1.CC(F)(F)P(=O)(O)O.CC(F)(F)P(=O)(O)O.CC(F)(F)P(C)(C)=O.CC(F)(F)P(C)(C)=O.CC(F)(F)P(C)(C)=O.CC(F)(F)P(C)(C)=O.S=S=S=S=S.c1ccc(CNCc2ccccc2)cc1. The summed E-state index contributed by atoms with van der Waals surface area (Å²) in [5, 5.41) is 3.42. The fraction of sp³-hybridized carbons (Fsp3) is 0.574. The van der Waals surface area contributed by atoms with E-state index < -0.39 is 77.7 Å². The molecule has 2 amide bonds. The predicted molar refractivity (Wildman–Crippen MR) is 572 cm³/mol. The molecule has 0 saturated heterocycles. The Bertz CT molecular complexity index is 3380. The van der Waals surface area contributed by atoms with Gasteiger partial charge in [-0.3, -0.25) is 18.7 Å². The van der Waals surface area contributed by atoms with E-state index in [-0.39, 0.29) is 40.5 Å². The first-order chi connectivity index (χ1) is 59.9. The molecule has 6 aromatic carbocycles. The lowest BCUT2D eigenvalue weighted by Gasteiger charge is -2.21. The third-order valence-corrected chi connectivity index (χ3v) is 27.0. The Labute approximate surface area is 814 Å². The number of nitrogens with one attached hydrogen (secondary N) is 1. The van der Waals surface area contributed by atoms with E-state index in [0.717, 1.165) is 88.7 Å². The topological polar surface area (TPSA) is 236 Å². The van der Waals surface area contributed by atoms with Crippen molar-refractivity contribution in [1.82, 2.24) is 15.1 Å². The molecule has 38 heteroatoms. The molecule has 0 aliphatic rings. The summed E-state index contributed by atoms with van der Waals surface area (Å²) >= 11 is 8.89. The second-order valence-corrected chi connectivity index (χ2v) is 47.0. The number of carbonyl (C=O) groups excluding carboxylic acids is 2. The number of rotatable bonds is 18. The van der Waals surface area contributed by atoms with Crippen LogP contribution in [0.5, 0.6) is 0 Å². The second kappa shape index (κ2) is 105. The van der Waals surface area contributed by atoms with Gasteiger partial charge < -0.3 is 53.0 Å². The molecule has 0 bridgehead atoms. The molecule has 0 aromatic heterocycles. The fourth-order valence-electron chi connectivity index (χ4n) is 5.33. The molecule has 0 atom stereocenters. The Morgan fingerprint density at radius 2 is 0.402 bits per heavy atom. The molecule has 15 nitrogen and oxygen atoms in total. The quantitative estimate of drug-likeness (QED) is 0.0306. The van der Waals surface area contributed by atoms with E-state index in [1.54, 1.807) is 13.8 Å². The average molecular weight is 2120 g/mol. The molecule has 0 unspecified atom stereocenters. The number of amides is 2. The Morgan fingerprint density at radius 3 is 0.477 bits per heavy atom. The van der Waals surface area contributed by atoms with E-state index in [4.69, 9.17) is 19.6 Å². The monoisotopic (exact) mass is 2120 g/mol. The summed E-state index contributed by atoms with van der Waals surface area (Å²) in [7, 11) is -19.2. The van der Waals surface area contributed by atoms with Crippen LogP contribution in [0.4, 0.5) is 52.7 Å². The Kier molecular flexibility index (Phi) is 138. The summed E-state index contributed by atoms with van der Waals surface area (Å²) in [5.74, 6) is 0.199. The highest BCUT2D eigenvalue weighted by Crippen LogP contribution is 2.56. The van der Waals surface area contributed by atoms with Crippen LogP contribution in [0.25, 0.3) is 0 Å². The zero-order valence-electron chi connectivity index (χ0n) is 85.7. The summed E-state index contributed by atoms with van der Waals surface area (Å²) in [6.07, 6.45) is 0. The minimum Gasteiger partial charge on any atom is -0.334 e. The summed E-state index contributed by atoms with van der Waals surface area (Å²) in [6, 6.07) is 61.2. The maximum Gasteiger partial charge on any atom is 0.394 e. The zero-order valence-corrected chi connectivity index (χ0v) is 95.1. The summed E-state index contributed by atoms with van der Waals surface area (Å²) < 4.78 is 203. The minimum absolute atomic E-state index is 0. The first-order valence-corrected chi connectivity index (χ1v) is 61.6. The van der Waals surface area contributed by atoms with Gasteiger partial charge in [-0.15, -0.1) is 13.2 Å². The van der Waals surface area contributed by atoms with Gasteiger partial charge in [0.1, 0.15) is 28.6 Å². The molecule has 6 rings (SSSR count). The maximum absolute atomic E-state index is 12.0. The number of alkyl halides is 12. The maximum atomic E-state index is 12.0. The second-order valence-electron chi connectivity index (χ2n) is 24.0. The molecular formula is C94H179F12N3O12P6S5.